The van der Waals surface area contributed by atoms with Gasteiger partial charge in [-0.3, -0.25) is 4.72 Å². The van der Waals surface area contributed by atoms with Crippen molar-refractivity contribution in [3.8, 4) is 6.07 Å². The average molecular weight is 374 g/mol. The second kappa shape index (κ2) is 5.75. The summed E-state index contributed by atoms with van der Waals surface area (Å²) in [7, 11) is -4.34. The number of halogens is 3. The molecule has 1 aromatic carbocycles. The van der Waals surface area contributed by atoms with E-state index in [0.717, 1.165) is 18.2 Å². The smallest absolute Gasteiger partial charge is 0.264 e. The average Bonchev–Trinajstić information content (AvgIpc) is 2.43. The van der Waals surface area contributed by atoms with Crippen molar-refractivity contribution in [2.45, 2.75) is 4.90 Å². The van der Waals surface area contributed by atoms with Gasteiger partial charge in [-0.1, -0.05) is 15.9 Å². The van der Waals surface area contributed by atoms with Crippen LogP contribution in [0.1, 0.15) is 5.69 Å². The minimum atomic E-state index is -4.34. The molecule has 0 saturated heterocycles. The summed E-state index contributed by atoms with van der Waals surface area (Å²) in [5.74, 6) is -2.18. The van der Waals surface area contributed by atoms with Gasteiger partial charge < -0.3 is 0 Å². The Hall–Kier alpha value is -2.05. The predicted octanol–water partition coefficient (Wildman–Crippen LogP) is 2.79. The summed E-state index contributed by atoms with van der Waals surface area (Å²) < 4.78 is 53.5. The Morgan fingerprint density at radius 2 is 1.90 bits per heavy atom. The number of hydrogen-bond acceptors (Lipinski definition) is 4. The third-order valence-electron chi connectivity index (χ3n) is 2.41. The van der Waals surface area contributed by atoms with Crippen molar-refractivity contribution in [2.24, 2.45) is 0 Å². The van der Waals surface area contributed by atoms with E-state index in [4.69, 9.17) is 5.26 Å². The normalized spacial score (nSPS) is 11.0. The number of anilines is 1. The number of hydrogen-bond donors (Lipinski definition) is 1. The minimum absolute atomic E-state index is 0.125. The van der Waals surface area contributed by atoms with Crippen LogP contribution < -0.4 is 4.72 Å². The summed E-state index contributed by atoms with van der Waals surface area (Å²) in [6.45, 7) is 0. The lowest BCUT2D eigenvalue weighted by atomic mass is 10.3. The van der Waals surface area contributed by atoms with Gasteiger partial charge in [0.05, 0.1) is 0 Å². The second-order valence-corrected chi connectivity index (χ2v) is 6.38. The third-order valence-corrected chi connectivity index (χ3v) is 4.25. The molecular weight excluding hydrogens is 368 g/mol. The topological polar surface area (TPSA) is 82.8 Å². The van der Waals surface area contributed by atoms with E-state index in [9.17, 15) is 17.2 Å². The van der Waals surface area contributed by atoms with Crippen molar-refractivity contribution in [3.63, 3.8) is 0 Å². The molecule has 2 aromatic rings. The van der Waals surface area contributed by atoms with Crippen LogP contribution in [-0.2, 0) is 10.0 Å². The molecule has 21 heavy (non-hydrogen) atoms. The maximum absolute atomic E-state index is 13.7. The summed E-state index contributed by atoms with van der Waals surface area (Å²) in [6, 6.07) is 5.83. The van der Waals surface area contributed by atoms with Crippen LogP contribution in [0, 0.1) is 23.0 Å². The van der Waals surface area contributed by atoms with Gasteiger partial charge in [-0.15, -0.1) is 0 Å². The fourth-order valence-electron chi connectivity index (χ4n) is 1.52. The molecule has 0 saturated carbocycles. The van der Waals surface area contributed by atoms with E-state index < -0.39 is 32.2 Å². The van der Waals surface area contributed by atoms with Gasteiger partial charge in [0, 0.05) is 10.7 Å². The van der Waals surface area contributed by atoms with Crippen LogP contribution >= 0.6 is 15.9 Å². The van der Waals surface area contributed by atoms with Gasteiger partial charge in [-0.05, 0) is 24.3 Å². The van der Waals surface area contributed by atoms with Gasteiger partial charge in [-0.2, -0.15) is 5.26 Å². The van der Waals surface area contributed by atoms with Crippen LogP contribution in [0.5, 0.6) is 0 Å². The molecule has 0 atom stereocenters. The molecule has 1 aromatic heterocycles. The maximum Gasteiger partial charge on any atom is 0.264 e. The molecule has 0 fully saturated rings. The van der Waals surface area contributed by atoms with Crippen LogP contribution in [0.3, 0.4) is 0 Å². The van der Waals surface area contributed by atoms with Crippen molar-refractivity contribution in [2.75, 3.05) is 4.72 Å². The fourth-order valence-corrected chi connectivity index (χ4v) is 3.11. The Kier molecular flexibility index (Phi) is 4.20. The summed E-state index contributed by atoms with van der Waals surface area (Å²) >= 11 is 2.88. The van der Waals surface area contributed by atoms with Crippen molar-refractivity contribution < 1.29 is 17.2 Å². The van der Waals surface area contributed by atoms with Gasteiger partial charge in [0.2, 0.25) is 0 Å². The molecule has 0 spiro atoms. The lowest BCUT2D eigenvalue weighted by Gasteiger charge is -2.10. The number of nitrogens with zero attached hydrogens (tertiary/aromatic N) is 2. The van der Waals surface area contributed by atoms with Crippen LogP contribution in [0.15, 0.2) is 39.8 Å². The Bertz CT molecular complexity index is 827. The maximum atomic E-state index is 13.7. The molecule has 0 bridgehead atoms. The minimum Gasteiger partial charge on any atom is -0.274 e. The van der Waals surface area contributed by atoms with E-state index >= 15 is 0 Å². The SMILES string of the molecule is N#Cc1ncccc1S(=O)(=O)Nc1c(F)cc(Br)cc1F. The molecule has 0 aliphatic heterocycles. The van der Waals surface area contributed by atoms with Crippen LogP contribution in [0.4, 0.5) is 14.5 Å². The lowest BCUT2D eigenvalue weighted by molar-refractivity contribution is 0.581. The fraction of sp³-hybridized carbons (Fsp3) is 0. The monoisotopic (exact) mass is 373 g/mol. The van der Waals surface area contributed by atoms with Crippen LogP contribution in [0.25, 0.3) is 0 Å². The van der Waals surface area contributed by atoms with Gasteiger partial charge in [0.1, 0.15) is 16.7 Å². The highest BCUT2D eigenvalue weighted by Crippen LogP contribution is 2.26. The van der Waals surface area contributed by atoms with Gasteiger partial charge in [0.25, 0.3) is 10.0 Å². The Morgan fingerprint density at radius 3 is 2.48 bits per heavy atom. The predicted molar refractivity (Wildman–Crippen MR) is 73.8 cm³/mol. The zero-order valence-corrected chi connectivity index (χ0v) is 12.5. The number of rotatable bonds is 3. The van der Waals surface area contributed by atoms with E-state index in [0.29, 0.717) is 0 Å². The molecule has 0 aliphatic rings. The summed E-state index contributed by atoms with van der Waals surface area (Å²) in [5, 5.41) is 8.83. The summed E-state index contributed by atoms with van der Waals surface area (Å²) in [5.41, 5.74) is -1.20. The first-order valence-corrected chi connectivity index (χ1v) is 7.65. The third kappa shape index (κ3) is 3.17. The number of sulfonamides is 1. The van der Waals surface area contributed by atoms with E-state index in [1.165, 1.54) is 12.3 Å². The summed E-state index contributed by atoms with van der Waals surface area (Å²) in [6.07, 6.45) is 1.23. The summed E-state index contributed by atoms with van der Waals surface area (Å²) in [4.78, 5) is 3.13. The second-order valence-electron chi connectivity index (χ2n) is 3.81. The van der Waals surface area contributed by atoms with Gasteiger partial charge in [0.15, 0.2) is 17.3 Å². The highest BCUT2D eigenvalue weighted by molar-refractivity contribution is 9.10. The molecule has 0 radical (unpaired) electrons. The highest BCUT2D eigenvalue weighted by atomic mass is 79.9. The first-order valence-electron chi connectivity index (χ1n) is 5.37. The highest BCUT2D eigenvalue weighted by Gasteiger charge is 2.23. The molecule has 0 unspecified atom stereocenters. The standard InChI is InChI=1S/C12H6BrF2N3O2S/c13-7-4-8(14)12(9(15)5-7)18-21(19,20)11-2-1-3-17-10(11)6-16/h1-5,18H. The molecule has 0 amide bonds. The molecule has 9 heteroatoms. The van der Waals surface area contributed by atoms with Crippen LogP contribution in [-0.4, -0.2) is 13.4 Å². The van der Waals surface area contributed by atoms with Gasteiger partial charge in [-0.25, -0.2) is 22.2 Å². The lowest BCUT2D eigenvalue weighted by Crippen LogP contribution is -2.17. The number of nitriles is 1. The molecular formula is C12H6BrF2N3O2S. The quantitative estimate of drug-likeness (QED) is 0.896. The van der Waals surface area contributed by atoms with E-state index in [2.05, 4.69) is 20.9 Å². The number of aromatic nitrogens is 1. The van der Waals surface area contributed by atoms with E-state index in [1.807, 2.05) is 0 Å². The van der Waals surface area contributed by atoms with Crippen molar-refractivity contribution in [3.05, 3.63) is 52.3 Å². The molecule has 108 valence electrons. The van der Waals surface area contributed by atoms with E-state index in [-0.39, 0.29) is 10.2 Å². The Balaban J connectivity index is 2.51. The molecule has 2 rings (SSSR count). The zero-order chi connectivity index (χ0) is 15.6. The number of benzene rings is 1. The van der Waals surface area contributed by atoms with Crippen LogP contribution in [0.2, 0.25) is 0 Å². The van der Waals surface area contributed by atoms with Gasteiger partial charge >= 0.3 is 0 Å². The zero-order valence-electron chi connectivity index (χ0n) is 10.1. The molecule has 5 nitrogen and oxygen atoms in total. The number of nitrogens with one attached hydrogen (secondary N) is 1. The molecule has 1 heterocycles. The van der Waals surface area contributed by atoms with E-state index in [1.54, 1.807) is 10.8 Å². The molecule has 1 N–H and O–H groups in total. The largest absolute Gasteiger partial charge is 0.274 e. The van der Waals surface area contributed by atoms with Crippen molar-refractivity contribution >= 4 is 31.6 Å². The first-order chi connectivity index (χ1) is 9.85. The Labute approximate surface area is 127 Å². The Morgan fingerprint density at radius 1 is 1.29 bits per heavy atom. The number of pyridine rings is 1. The van der Waals surface area contributed by atoms with Crippen molar-refractivity contribution in [1.82, 2.24) is 4.98 Å². The first kappa shape index (κ1) is 15.3. The molecule has 0 aliphatic carbocycles. The van der Waals surface area contributed by atoms with Crippen molar-refractivity contribution in [1.29, 1.82) is 5.26 Å².